The zero-order valence-corrected chi connectivity index (χ0v) is 14.7. The van der Waals surface area contributed by atoms with E-state index in [2.05, 4.69) is 5.32 Å². The zero-order chi connectivity index (χ0) is 17.2. The molecule has 0 aromatic rings. The summed E-state index contributed by atoms with van der Waals surface area (Å²) in [7, 11) is 0. The van der Waals surface area contributed by atoms with Crippen molar-refractivity contribution in [1.82, 2.24) is 10.2 Å². The summed E-state index contributed by atoms with van der Waals surface area (Å²) in [6.45, 7) is 6.25. The molecule has 0 aromatic heterocycles. The Kier molecular flexibility index (Phi) is 9.17. The monoisotopic (exact) mass is 326 g/mol. The second kappa shape index (κ2) is 10.6. The van der Waals surface area contributed by atoms with Crippen LogP contribution in [0.25, 0.3) is 0 Å². The predicted molar refractivity (Wildman–Crippen MR) is 92.7 cm³/mol. The van der Waals surface area contributed by atoms with Crippen molar-refractivity contribution in [3.8, 4) is 0 Å². The number of hydrogen-bond donors (Lipinski definition) is 3. The van der Waals surface area contributed by atoms with E-state index in [1.54, 1.807) is 0 Å². The topological polar surface area (TPSA) is 101 Å². The van der Waals surface area contributed by atoms with Crippen LogP contribution in [0.1, 0.15) is 58.8 Å². The smallest absolute Gasteiger partial charge is 0.245 e. The number of hydrogen-bond acceptors (Lipinski definition) is 4. The first-order chi connectivity index (χ1) is 11.0. The molecule has 1 saturated heterocycles. The fraction of sp³-hybridized carbons (Fsp3) is 0.882. The van der Waals surface area contributed by atoms with Crippen LogP contribution in [0.4, 0.5) is 0 Å². The summed E-state index contributed by atoms with van der Waals surface area (Å²) in [5, 5.41) is 2.88. The van der Waals surface area contributed by atoms with Crippen LogP contribution in [-0.2, 0) is 9.59 Å². The quantitative estimate of drug-likeness (QED) is 0.550. The molecule has 6 heteroatoms. The Hall–Kier alpha value is -1.14. The second-order valence-electron chi connectivity index (χ2n) is 6.97. The Bertz CT molecular complexity index is 368. The molecule has 134 valence electrons. The molecule has 6 nitrogen and oxygen atoms in total. The molecule has 5 N–H and O–H groups in total. The first kappa shape index (κ1) is 19.9. The number of carbonyl (C=O) groups is 2. The average molecular weight is 326 g/mol. The van der Waals surface area contributed by atoms with Crippen molar-refractivity contribution in [2.24, 2.45) is 17.4 Å². The third-order valence-corrected chi connectivity index (χ3v) is 4.29. The van der Waals surface area contributed by atoms with Crippen LogP contribution in [0, 0.1) is 5.92 Å². The first-order valence-corrected chi connectivity index (χ1v) is 9.00. The van der Waals surface area contributed by atoms with Crippen LogP contribution in [0.3, 0.4) is 0 Å². The minimum absolute atomic E-state index is 0.0341. The molecule has 0 bridgehead atoms. The number of nitrogens with two attached hydrogens (primary N) is 2. The molecular weight excluding hydrogens is 292 g/mol. The average Bonchev–Trinajstić information content (AvgIpc) is 2.53. The lowest BCUT2D eigenvalue weighted by atomic mass is 10.0. The van der Waals surface area contributed by atoms with Gasteiger partial charge in [-0.05, 0) is 57.4 Å². The van der Waals surface area contributed by atoms with Crippen LogP contribution < -0.4 is 16.8 Å². The lowest BCUT2D eigenvalue weighted by Crippen LogP contribution is -2.53. The first-order valence-electron chi connectivity index (χ1n) is 9.00. The van der Waals surface area contributed by atoms with Gasteiger partial charge >= 0.3 is 0 Å². The molecule has 1 heterocycles. The molecule has 1 aliphatic rings. The van der Waals surface area contributed by atoms with Crippen molar-refractivity contribution in [3.63, 3.8) is 0 Å². The van der Waals surface area contributed by atoms with Crippen LogP contribution in [0.2, 0.25) is 0 Å². The fourth-order valence-electron chi connectivity index (χ4n) is 2.98. The van der Waals surface area contributed by atoms with Gasteiger partial charge in [-0.1, -0.05) is 13.8 Å². The highest BCUT2D eigenvalue weighted by molar-refractivity contribution is 5.89. The molecule has 0 radical (unpaired) electrons. The molecule has 1 aliphatic heterocycles. The Morgan fingerprint density at radius 2 is 1.78 bits per heavy atom. The van der Waals surface area contributed by atoms with Crippen molar-refractivity contribution in [2.75, 3.05) is 19.6 Å². The number of piperidine rings is 1. The van der Waals surface area contributed by atoms with Gasteiger partial charge in [0, 0.05) is 13.1 Å². The number of amides is 2. The van der Waals surface area contributed by atoms with E-state index in [-0.39, 0.29) is 11.8 Å². The van der Waals surface area contributed by atoms with Crippen molar-refractivity contribution < 1.29 is 9.59 Å². The molecule has 0 unspecified atom stereocenters. The van der Waals surface area contributed by atoms with E-state index in [9.17, 15) is 9.59 Å². The molecule has 0 aromatic carbocycles. The van der Waals surface area contributed by atoms with Gasteiger partial charge in [-0.2, -0.15) is 0 Å². The van der Waals surface area contributed by atoms with Crippen LogP contribution in [0.15, 0.2) is 0 Å². The molecule has 23 heavy (non-hydrogen) atoms. The second-order valence-corrected chi connectivity index (χ2v) is 6.97. The molecule has 1 rings (SSSR count). The van der Waals surface area contributed by atoms with Gasteiger partial charge < -0.3 is 21.7 Å². The van der Waals surface area contributed by atoms with E-state index in [0.717, 1.165) is 38.8 Å². The van der Waals surface area contributed by atoms with E-state index in [0.29, 0.717) is 25.3 Å². The van der Waals surface area contributed by atoms with Crippen LogP contribution in [0.5, 0.6) is 0 Å². The van der Waals surface area contributed by atoms with E-state index >= 15 is 0 Å². The SMILES string of the molecule is CC(C)C[C@@H](N)C(=O)N[C@H](CCCCN)C(=O)N1CCCCC1. The van der Waals surface area contributed by atoms with Gasteiger partial charge in [0.1, 0.15) is 6.04 Å². The van der Waals surface area contributed by atoms with Gasteiger partial charge in [0.2, 0.25) is 11.8 Å². The fourth-order valence-corrected chi connectivity index (χ4v) is 2.98. The Morgan fingerprint density at radius 3 is 2.35 bits per heavy atom. The molecule has 0 spiro atoms. The largest absolute Gasteiger partial charge is 0.343 e. The van der Waals surface area contributed by atoms with Gasteiger partial charge in [-0.3, -0.25) is 9.59 Å². The third kappa shape index (κ3) is 7.31. The molecule has 2 atom stereocenters. The molecular formula is C17H34N4O2. The summed E-state index contributed by atoms with van der Waals surface area (Å²) < 4.78 is 0. The van der Waals surface area contributed by atoms with Gasteiger partial charge in [-0.25, -0.2) is 0 Å². The standard InChI is InChI=1S/C17H34N4O2/c1-13(2)12-14(19)16(22)20-15(8-4-5-9-18)17(23)21-10-6-3-7-11-21/h13-15H,3-12,18-19H2,1-2H3,(H,20,22)/t14-,15-/m1/s1. The van der Waals surface area contributed by atoms with Gasteiger partial charge in [0.15, 0.2) is 0 Å². The number of rotatable bonds is 9. The normalized spacial score (nSPS) is 17.9. The lowest BCUT2D eigenvalue weighted by Gasteiger charge is -2.31. The van der Waals surface area contributed by atoms with Gasteiger partial charge in [-0.15, -0.1) is 0 Å². The van der Waals surface area contributed by atoms with Crippen molar-refractivity contribution in [3.05, 3.63) is 0 Å². The maximum Gasteiger partial charge on any atom is 0.245 e. The van der Waals surface area contributed by atoms with Crippen LogP contribution in [-0.4, -0.2) is 48.4 Å². The number of likely N-dealkylation sites (tertiary alicyclic amines) is 1. The van der Waals surface area contributed by atoms with E-state index in [1.807, 2.05) is 18.7 Å². The van der Waals surface area contributed by atoms with Gasteiger partial charge in [0.25, 0.3) is 0 Å². The van der Waals surface area contributed by atoms with E-state index in [4.69, 9.17) is 11.5 Å². The maximum atomic E-state index is 12.7. The van der Waals surface area contributed by atoms with Crippen LogP contribution >= 0.6 is 0 Å². The Labute approximate surface area is 140 Å². The minimum atomic E-state index is -0.554. The summed E-state index contributed by atoms with van der Waals surface area (Å²) >= 11 is 0. The highest BCUT2D eigenvalue weighted by atomic mass is 16.2. The Morgan fingerprint density at radius 1 is 1.13 bits per heavy atom. The lowest BCUT2D eigenvalue weighted by molar-refractivity contribution is -0.137. The number of nitrogens with zero attached hydrogens (tertiary/aromatic N) is 1. The number of unbranched alkanes of at least 4 members (excludes halogenated alkanes) is 1. The number of carbonyl (C=O) groups excluding carboxylic acids is 2. The zero-order valence-electron chi connectivity index (χ0n) is 14.7. The van der Waals surface area contributed by atoms with E-state index < -0.39 is 12.1 Å². The molecule has 1 fully saturated rings. The van der Waals surface area contributed by atoms with Crippen molar-refractivity contribution in [1.29, 1.82) is 0 Å². The summed E-state index contributed by atoms with van der Waals surface area (Å²) in [5.74, 6) is 0.165. The summed E-state index contributed by atoms with van der Waals surface area (Å²) in [6, 6.07) is -1.02. The minimum Gasteiger partial charge on any atom is -0.343 e. The molecule has 0 saturated carbocycles. The number of nitrogens with one attached hydrogen (secondary N) is 1. The third-order valence-electron chi connectivity index (χ3n) is 4.29. The predicted octanol–water partition coefficient (Wildman–Crippen LogP) is 0.986. The van der Waals surface area contributed by atoms with Gasteiger partial charge in [0.05, 0.1) is 6.04 Å². The van der Waals surface area contributed by atoms with Crippen molar-refractivity contribution in [2.45, 2.75) is 70.9 Å². The molecule has 2 amide bonds. The highest BCUT2D eigenvalue weighted by Crippen LogP contribution is 2.13. The summed E-state index contributed by atoms with van der Waals surface area (Å²) in [5.41, 5.74) is 11.5. The maximum absolute atomic E-state index is 12.7. The van der Waals surface area contributed by atoms with Crippen molar-refractivity contribution >= 4 is 11.8 Å². The highest BCUT2D eigenvalue weighted by Gasteiger charge is 2.28. The molecule has 0 aliphatic carbocycles. The van der Waals surface area contributed by atoms with E-state index in [1.165, 1.54) is 6.42 Å². The summed E-state index contributed by atoms with van der Waals surface area (Å²) in [6.07, 6.45) is 6.21. The Balaban J connectivity index is 2.62. The summed E-state index contributed by atoms with van der Waals surface area (Å²) in [4.78, 5) is 26.9.